The van der Waals surface area contributed by atoms with Crippen LogP contribution in [0.3, 0.4) is 0 Å². The number of hydrogen-bond acceptors (Lipinski definition) is 3. The third-order valence-electron chi connectivity index (χ3n) is 4.19. The maximum absolute atomic E-state index is 11.5. The number of nitriles is 2. The van der Waals surface area contributed by atoms with Crippen molar-refractivity contribution >= 4 is 5.78 Å². The SMILES string of the molecule is CC(=O)C1C(C#N)(C#N)C12CCCCC2. The van der Waals surface area contributed by atoms with Crippen molar-refractivity contribution in [2.24, 2.45) is 16.7 Å². The number of nitrogens with zero attached hydrogens (tertiary/aromatic N) is 2. The summed E-state index contributed by atoms with van der Waals surface area (Å²) < 4.78 is 0. The maximum atomic E-state index is 11.5. The second-order valence-electron chi connectivity index (χ2n) is 4.79. The zero-order valence-electron chi connectivity index (χ0n) is 8.92. The molecule has 2 rings (SSSR count). The van der Waals surface area contributed by atoms with E-state index in [-0.39, 0.29) is 17.1 Å². The zero-order valence-corrected chi connectivity index (χ0v) is 8.92. The maximum Gasteiger partial charge on any atom is 0.160 e. The fourth-order valence-corrected chi connectivity index (χ4v) is 3.53. The van der Waals surface area contributed by atoms with Gasteiger partial charge in [-0.15, -0.1) is 0 Å². The Labute approximate surface area is 89.7 Å². The van der Waals surface area contributed by atoms with Crippen LogP contribution in [0.2, 0.25) is 0 Å². The van der Waals surface area contributed by atoms with Crippen LogP contribution in [0.25, 0.3) is 0 Å². The Hall–Kier alpha value is -1.35. The van der Waals surface area contributed by atoms with E-state index in [1.807, 2.05) is 0 Å². The van der Waals surface area contributed by atoms with Gasteiger partial charge in [-0.3, -0.25) is 4.79 Å². The lowest BCUT2D eigenvalue weighted by Crippen LogP contribution is -2.15. The average Bonchev–Trinajstić information content (AvgIpc) is 2.81. The molecule has 3 heteroatoms. The Morgan fingerprint density at radius 1 is 1.20 bits per heavy atom. The van der Waals surface area contributed by atoms with Gasteiger partial charge in [0, 0.05) is 5.41 Å². The summed E-state index contributed by atoms with van der Waals surface area (Å²) in [4.78, 5) is 11.5. The molecule has 3 nitrogen and oxygen atoms in total. The largest absolute Gasteiger partial charge is 0.300 e. The predicted molar refractivity (Wildman–Crippen MR) is 53.3 cm³/mol. The molecular formula is C12H14N2O. The molecule has 0 aromatic carbocycles. The highest BCUT2D eigenvalue weighted by Crippen LogP contribution is 2.74. The van der Waals surface area contributed by atoms with Crippen molar-refractivity contribution in [3.8, 4) is 12.1 Å². The normalized spacial score (nSPS) is 30.2. The van der Waals surface area contributed by atoms with E-state index >= 15 is 0 Å². The highest BCUT2D eigenvalue weighted by molar-refractivity contribution is 5.86. The molecule has 2 fully saturated rings. The second-order valence-corrected chi connectivity index (χ2v) is 4.79. The molecular weight excluding hydrogens is 188 g/mol. The third-order valence-corrected chi connectivity index (χ3v) is 4.19. The van der Waals surface area contributed by atoms with Crippen molar-refractivity contribution in [2.45, 2.75) is 39.0 Å². The highest BCUT2D eigenvalue weighted by Gasteiger charge is 2.79. The van der Waals surface area contributed by atoms with Gasteiger partial charge >= 0.3 is 0 Å². The van der Waals surface area contributed by atoms with E-state index in [1.165, 1.54) is 13.3 Å². The Morgan fingerprint density at radius 2 is 1.73 bits per heavy atom. The minimum Gasteiger partial charge on any atom is -0.300 e. The Morgan fingerprint density at radius 3 is 2.07 bits per heavy atom. The van der Waals surface area contributed by atoms with Gasteiger partial charge in [-0.2, -0.15) is 10.5 Å². The standard InChI is InChI=1S/C12H14N2O/c1-9(15)10-11(5-3-2-4-6-11)12(10,7-13)8-14/h10H,2-6H2,1H3. The summed E-state index contributed by atoms with van der Waals surface area (Å²) >= 11 is 0. The summed E-state index contributed by atoms with van der Waals surface area (Å²) in [6.07, 6.45) is 5.01. The number of ketones is 1. The smallest absolute Gasteiger partial charge is 0.160 e. The van der Waals surface area contributed by atoms with Gasteiger partial charge in [0.15, 0.2) is 5.41 Å². The fourth-order valence-electron chi connectivity index (χ4n) is 3.53. The molecule has 0 aliphatic heterocycles. The first-order chi connectivity index (χ1) is 7.14. The molecule has 15 heavy (non-hydrogen) atoms. The molecule has 78 valence electrons. The summed E-state index contributed by atoms with van der Waals surface area (Å²) in [5.74, 6) is -0.305. The van der Waals surface area contributed by atoms with Crippen LogP contribution in [-0.2, 0) is 4.79 Å². The predicted octanol–water partition coefficient (Wildman–Crippen LogP) is 2.19. The van der Waals surface area contributed by atoms with Gasteiger partial charge in [0.25, 0.3) is 0 Å². The third kappa shape index (κ3) is 1.01. The monoisotopic (exact) mass is 202 g/mol. The van der Waals surface area contributed by atoms with Crippen LogP contribution in [0.4, 0.5) is 0 Å². The number of carbonyl (C=O) groups is 1. The van der Waals surface area contributed by atoms with Crippen molar-refractivity contribution in [3.63, 3.8) is 0 Å². The number of carbonyl (C=O) groups excluding carboxylic acids is 1. The fraction of sp³-hybridized carbons (Fsp3) is 0.750. The molecule has 2 aliphatic carbocycles. The van der Waals surface area contributed by atoms with Gasteiger partial charge in [0.2, 0.25) is 0 Å². The molecule has 0 heterocycles. The molecule has 0 N–H and O–H groups in total. The first-order valence-corrected chi connectivity index (χ1v) is 5.47. The van der Waals surface area contributed by atoms with Crippen molar-refractivity contribution in [2.75, 3.05) is 0 Å². The van der Waals surface area contributed by atoms with E-state index in [1.54, 1.807) is 0 Å². The highest BCUT2D eigenvalue weighted by atomic mass is 16.1. The minimum absolute atomic E-state index is 0.0139. The van der Waals surface area contributed by atoms with Gasteiger partial charge < -0.3 is 0 Å². The Bertz CT molecular complexity index is 365. The summed E-state index contributed by atoms with van der Waals surface area (Å²) in [5, 5.41) is 18.3. The van der Waals surface area contributed by atoms with Crippen LogP contribution < -0.4 is 0 Å². The van der Waals surface area contributed by atoms with Gasteiger partial charge in [-0.1, -0.05) is 19.3 Å². The van der Waals surface area contributed by atoms with Gasteiger partial charge in [0.05, 0.1) is 18.1 Å². The number of rotatable bonds is 1. The van der Waals surface area contributed by atoms with Crippen LogP contribution in [-0.4, -0.2) is 5.78 Å². The summed E-state index contributed by atoms with van der Waals surface area (Å²) in [6, 6.07) is 4.22. The molecule has 0 radical (unpaired) electrons. The molecule has 0 saturated heterocycles. The molecule has 0 aromatic rings. The van der Waals surface area contributed by atoms with Crippen molar-refractivity contribution < 1.29 is 4.79 Å². The van der Waals surface area contributed by atoms with Crippen LogP contribution >= 0.6 is 0 Å². The zero-order chi connectivity index (χ0) is 11.1. The molecule has 2 saturated carbocycles. The van der Waals surface area contributed by atoms with Crippen LogP contribution in [0.15, 0.2) is 0 Å². The lowest BCUT2D eigenvalue weighted by atomic mass is 9.80. The van der Waals surface area contributed by atoms with Gasteiger partial charge in [-0.25, -0.2) is 0 Å². The molecule has 1 atom stereocenters. The summed E-state index contributed by atoms with van der Waals surface area (Å²) in [5.41, 5.74) is -1.29. The van der Waals surface area contributed by atoms with E-state index in [4.69, 9.17) is 10.5 Å². The van der Waals surface area contributed by atoms with E-state index in [0.29, 0.717) is 0 Å². The summed E-state index contributed by atoms with van der Waals surface area (Å²) in [7, 11) is 0. The van der Waals surface area contributed by atoms with E-state index in [2.05, 4.69) is 12.1 Å². The average molecular weight is 202 g/mol. The van der Waals surface area contributed by atoms with Crippen molar-refractivity contribution in [1.29, 1.82) is 10.5 Å². The van der Waals surface area contributed by atoms with Gasteiger partial charge in [-0.05, 0) is 19.8 Å². The molecule has 1 spiro atoms. The van der Waals surface area contributed by atoms with E-state index in [9.17, 15) is 4.79 Å². The molecule has 0 bridgehead atoms. The molecule has 1 unspecified atom stereocenters. The Kier molecular flexibility index (Phi) is 2.08. The van der Waals surface area contributed by atoms with E-state index in [0.717, 1.165) is 25.7 Å². The van der Waals surface area contributed by atoms with E-state index < -0.39 is 5.41 Å². The topological polar surface area (TPSA) is 64.7 Å². The lowest BCUT2D eigenvalue weighted by molar-refractivity contribution is -0.119. The first-order valence-electron chi connectivity index (χ1n) is 5.47. The minimum atomic E-state index is -1.00. The van der Waals surface area contributed by atoms with Crippen molar-refractivity contribution in [1.82, 2.24) is 0 Å². The van der Waals surface area contributed by atoms with Crippen molar-refractivity contribution in [3.05, 3.63) is 0 Å². The lowest BCUT2D eigenvalue weighted by Gasteiger charge is -2.22. The number of Topliss-reactive ketones (excluding diaryl/α,β-unsaturated/α-hetero) is 1. The summed E-state index contributed by atoms with van der Waals surface area (Å²) in [6.45, 7) is 1.51. The van der Waals surface area contributed by atoms with Gasteiger partial charge in [0.1, 0.15) is 5.78 Å². The molecule has 2 aliphatic rings. The van der Waals surface area contributed by atoms with Crippen LogP contribution in [0.5, 0.6) is 0 Å². The van der Waals surface area contributed by atoms with Crippen LogP contribution in [0.1, 0.15) is 39.0 Å². The first kappa shape index (κ1) is 10.2. The van der Waals surface area contributed by atoms with Crippen LogP contribution in [0, 0.1) is 39.4 Å². The quantitative estimate of drug-likeness (QED) is 0.654. The number of hydrogen-bond donors (Lipinski definition) is 0. The second kappa shape index (κ2) is 3.07. The Balaban J connectivity index is 2.38. The molecule has 0 aromatic heterocycles. The molecule has 0 amide bonds.